The zero-order valence-electron chi connectivity index (χ0n) is 24.9. The highest BCUT2D eigenvalue weighted by Crippen LogP contribution is 2.50. The molecule has 0 N–H and O–H groups in total. The van der Waals surface area contributed by atoms with Crippen LogP contribution in [0.15, 0.2) is 103 Å². The average Bonchev–Trinajstić information content (AvgIpc) is 3.40. The number of carbonyl (C=O) groups excluding carboxylic acids is 2. The molecule has 0 fully saturated rings. The van der Waals surface area contributed by atoms with E-state index in [1.165, 1.54) is 11.1 Å². The van der Waals surface area contributed by atoms with Gasteiger partial charge in [-0.15, -0.1) is 0 Å². The van der Waals surface area contributed by atoms with Crippen molar-refractivity contribution < 1.29 is 9.59 Å². The van der Waals surface area contributed by atoms with Crippen molar-refractivity contribution in [3.63, 3.8) is 0 Å². The molecule has 5 aromatic rings. The lowest BCUT2D eigenvalue weighted by Crippen LogP contribution is -2.24. The van der Waals surface area contributed by atoms with Crippen molar-refractivity contribution in [1.82, 2.24) is 9.97 Å². The highest BCUT2D eigenvalue weighted by molar-refractivity contribution is 6.40. The number of allylic oxidation sites excluding steroid dienone is 3. The number of hydrogen-bond acceptors (Lipinski definition) is 6. The number of aromatic nitrogens is 2. The molecule has 0 saturated heterocycles. The van der Waals surface area contributed by atoms with Crippen molar-refractivity contribution in [3.05, 3.63) is 125 Å². The van der Waals surface area contributed by atoms with E-state index in [4.69, 9.17) is 0 Å². The standard InChI is InChI=1S/C37H32N4O2/c1-21(2)25-11-8-12-26(22(3)4)35(25)41-33-20-31-30(38-15-16-39-31)19-32(33)40(5)34(41)14-13-27-36(42)28-17-23-9-6-7-10-24(23)18-29(28)37(27)43/h6-22H,1-5H3/b34-14+. The number of benzene rings is 4. The Balaban J connectivity index is 1.44. The lowest BCUT2D eigenvalue weighted by molar-refractivity contribution is 0.0988. The van der Waals surface area contributed by atoms with Crippen LogP contribution in [0.1, 0.15) is 71.4 Å². The van der Waals surface area contributed by atoms with Crippen molar-refractivity contribution in [3.8, 4) is 0 Å². The van der Waals surface area contributed by atoms with Crippen LogP contribution in [0.4, 0.5) is 17.1 Å². The van der Waals surface area contributed by atoms with Crippen LogP contribution in [0.3, 0.4) is 0 Å². The third-order valence-electron chi connectivity index (χ3n) is 8.57. The predicted molar refractivity (Wildman–Crippen MR) is 173 cm³/mol. The van der Waals surface area contributed by atoms with Gasteiger partial charge in [0, 0.05) is 30.6 Å². The monoisotopic (exact) mass is 564 g/mol. The van der Waals surface area contributed by atoms with Crippen LogP contribution < -0.4 is 9.80 Å². The fourth-order valence-corrected chi connectivity index (χ4v) is 6.34. The Morgan fingerprint density at radius 1 is 0.674 bits per heavy atom. The van der Waals surface area contributed by atoms with E-state index in [2.05, 4.69) is 77.8 Å². The van der Waals surface area contributed by atoms with Gasteiger partial charge in [0.15, 0.2) is 11.6 Å². The molecule has 6 heteroatoms. The molecule has 2 heterocycles. The summed E-state index contributed by atoms with van der Waals surface area (Å²) in [5.74, 6) is 0.900. The summed E-state index contributed by atoms with van der Waals surface area (Å²) in [5, 5.41) is 1.89. The van der Waals surface area contributed by atoms with Crippen LogP contribution >= 0.6 is 0 Å². The lowest BCUT2D eigenvalue weighted by atomic mass is 9.91. The Hall–Kier alpha value is -5.10. The molecule has 43 heavy (non-hydrogen) atoms. The maximum Gasteiger partial charge on any atom is 0.197 e. The summed E-state index contributed by atoms with van der Waals surface area (Å²) in [4.78, 5) is 40.7. The number of para-hydroxylation sites is 1. The van der Waals surface area contributed by atoms with Crippen molar-refractivity contribution in [2.45, 2.75) is 39.5 Å². The van der Waals surface area contributed by atoms with Gasteiger partial charge in [0.05, 0.1) is 33.7 Å². The van der Waals surface area contributed by atoms with Crippen LogP contribution in [0, 0.1) is 0 Å². The minimum atomic E-state index is -0.239. The molecule has 7 rings (SSSR count). The van der Waals surface area contributed by atoms with Gasteiger partial charge in [-0.05, 0) is 70.2 Å². The zero-order valence-corrected chi connectivity index (χ0v) is 24.9. The third-order valence-corrected chi connectivity index (χ3v) is 8.57. The minimum Gasteiger partial charge on any atom is -0.329 e. The molecule has 0 radical (unpaired) electrons. The molecule has 2 aliphatic rings. The van der Waals surface area contributed by atoms with Gasteiger partial charge in [-0.2, -0.15) is 0 Å². The number of Topliss-reactive ketones (excluding diaryl/α,β-unsaturated/α-hetero) is 2. The average molecular weight is 565 g/mol. The Morgan fingerprint density at radius 3 is 1.74 bits per heavy atom. The number of ketones is 2. The summed E-state index contributed by atoms with van der Waals surface area (Å²) >= 11 is 0. The van der Waals surface area contributed by atoms with Crippen LogP contribution in [-0.2, 0) is 0 Å². The van der Waals surface area contributed by atoms with Crippen molar-refractivity contribution >= 4 is 50.4 Å². The number of nitrogens with zero attached hydrogens (tertiary/aromatic N) is 4. The molecule has 6 nitrogen and oxygen atoms in total. The second-order valence-corrected chi connectivity index (χ2v) is 11.9. The number of rotatable bonds is 4. The third kappa shape index (κ3) is 4.16. The summed E-state index contributed by atoms with van der Waals surface area (Å²) in [6.45, 7) is 8.83. The van der Waals surface area contributed by atoms with Gasteiger partial charge in [-0.25, -0.2) is 0 Å². The van der Waals surface area contributed by atoms with Crippen LogP contribution in [0.25, 0.3) is 21.8 Å². The van der Waals surface area contributed by atoms with E-state index in [0.717, 1.165) is 44.7 Å². The first-order chi connectivity index (χ1) is 20.7. The molecule has 0 spiro atoms. The molecule has 0 saturated carbocycles. The van der Waals surface area contributed by atoms with E-state index >= 15 is 0 Å². The van der Waals surface area contributed by atoms with E-state index < -0.39 is 0 Å². The number of carbonyl (C=O) groups is 2. The first-order valence-electron chi connectivity index (χ1n) is 14.7. The van der Waals surface area contributed by atoms with Gasteiger partial charge in [-0.3, -0.25) is 24.5 Å². The van der Waals surface area contributed by atoms with Gasteiger partial charge < -0.3 is 4.90 Å². The second kappa shape index (κ2) is 10.0. The fraction of sp³-hybridized carbons (Fsp3) is 0.189. The maximum absolute atomic E-state index is 13.6. The van der Waals surface area contributed by atoms with Crippen molar-refractivity contribution in [2.24, 2.45) is 0 Å². The van der Waals surface area contributed by atoms with Crippen LogP contribution in [-0.4, -0.2) is 28.6 Å². The van der Waals surface area contributed by atoms with Gasteiger partial charge in [-0.1, -0.05) is 70.2 Å². The smallest absolute Gasteiger partial charge is 0.197 e. The SMILES string of the molecule is CC(C)c1cccc(C(C)C)c1N1/C(=C/C=C2C(=O)c3cc4ccccc4cc3C2=O)N(C)c2cc3nccnc3cc21. The largest absolute Gasteiger partial charge is 0.329 e. The molecule has 1 aliphatic carbocycles. The summed E-state index contributed by atoms with van der Waals surface area (Å²) in [6, 6.07) is 22.1. The second-order valence-electron chi connectivity index (χ2n) is 11.9. The van der Waals surface area contributed by atoms with Gasteiger partial charge in [0.25, 0.3) is 0 Å². The number of anilines is 3. The normalized spacial score (nSPS) is 15.5. The predicted octanol–water partition coefficient (Wildman–Crippen LogP) is 8.46. The molecule has 0 unspecified atom stereocenters. The molecule has 0 atom stereocenters. The Bertz CT molecular complexity index is 1970. The van der Waals surface area contributed by atoms with Crippen LogP contribution in [0.5, 0.6) is 0 Å². The molecular formula is C37H32N4O2. The Morgan fingerprint density at radius 2 is 1.21 bits per heavy atom. The lowest BCUT2D eigenvalue weighted by Gasteiger charge is -2.30. The Kier molecular flexibility index (Phi) is 6.24. The topological polar surface area (TPSA) is 66.4 Å². The summed E-state index contributed by atoms with van der Waals surface area (Å²) in [5.41, 5.74) is 8.22. The van der Waals surface area contributed by atoms with Gasteiger partial charge in [0.1, 0.15) is 5.82 Å². The maximum atomic E-state index is 13.6. The highest BCUT2D eigenvalue weighted by Gasteiger charge is 2.36. The molecule has 0 amide bonds. The van der Waals surface area contributed by atoms with Crippen LogP contribution in [0.2, 0.25) is 0 Å². The van der Waals surface area contributed by atoms with Gasteiger partial charge in [0.2, 0.25) is 0 Å². The fourth-order valence-electron chi connectivity index (χ4n) is 6.34. The minimum absolute atomic E-state index is 0.178. The van der Waals surface area contributed by atoms with Gasteiger partial charge >= 0.3 is 0 Å². The molecule has 4 aromatic carbocycles. The molecule has 212 valence electrons. The van der Waals surface area contributed by atoms with E-state index in [0.29, 0.717) is 11.1 Å². The molecular weight excluding hydrogens is 532 g/mol. The first kappa shape index (κ1) is 26.8. The van der Waals surface area contributed by atoms with E-state index in [9.17, 15) is 9.59 Å². The summed E-state index contributed by atoms with van der Waals surface area (Å²) in [7, 11) is 2.01. The highest BCUT2D eigenvalue weighted by atomic mass is 16.2. The molecule has 1 aliphatic heterocycles. The molecule has 1 aromatic heterocycles. The van der Waals surface area contributed by atoms with Crippen molar-refractivity contribution in [1.29, 1.82) is 0 Å². The van der Waals surface area contributed by atoms with E-state index in [-0.39, 0.29) is 29.0 Å². The van der Waals surface area contributed by atoms with E-state index in [1.54, 1.807) is 18.5 Å². The Labute approximate surface area is 251 Å². The summed E-state index contributed by atoms with van der Waals surface area (Å²) < 4.78 is 0. The number of fused-ring (bicyclic) bond motifs is 4. The van der Waals surface area contributed by atoms with Crippen molar-refractivity contribution in [2.75, 3.05) is 16.8 Å². The zero-order chi connectivity index (χ0) is 30.0. The summed E-state index contributed by atoms with van der Waals surface area (Å²) in [6.07, 6.45) is 7.01. The first-order valence-corrected chi connectivity index (χ1v) is 14.7. The molecule has 0 bridgehead atoms. The quantitative estimate of drug-likeness (QED) is 0.161. The van der Waals surface area contributed by atoms with E-state index in [1.807, 2.05) is 49.5 Å². The number of hydrogen-bond donors (Lipinski definition) is 0.